The van der Waals surface area contributed by atoms with Crippen LogP contribution in [0.1, 0.15) is 10.4 Å². The van der Waals surface area contributed by atoms with Crippen molar-refractivity contribution in [3.63, 3.8) is 0 Å². The summed E-state index contributed by atoms with van der Waals surface area (Å²) >= 11 is 20.8. The van der Waals surface area contributed by atoms with Crippen LogP contribution in [0, 0.1) is 5.82 Å². The molecule has 3 nitrogen and oxygen atoms in total. The lowest BCUT2D eigenvalue weighted by atomic mass is 10.2. The van der Waals surface area contributed by atoms with Crippen LogP contribution in [0.15, 0.2) is 28.7 Å². The van der Waals surface area contributed by atoms with Crippen LogP contribution in [0.5, 0.6) is 0 Å². The van der Waals surface area contributed by atoms with Crippen molar-refractivity contribution in [1.29, 1.82) is 0 Å². The molecule has 0 fully saturated rings. The lowest BCUT2D eigenvalue weighted by Gasteiger charge is -2.11. The molecule has 0 saturated heterocycles. The zero-order valence-electron chi connectivity index (χ0n) is 10.2. The normalized spacial score (nSPS) is 10.5. The van der Waals surface area contributed by atoms with Crippen LogP contribution in [0.4, 0.5) is 15.8 Å². The van der Waals surface area contributed by atoms with E-state index in [0.717, 1.165) is 6.07 Å². The van der Waals surface area contributed by atoms with Gasteiger partial charge in [-0.3, -0.25) is 4.79 Å². The molecule has 8 heteroatoms. The fourth-order valence-electron chi connectivity index (χ4n) is 1.56. The predicted molar refractivity (Wildman–Crippen MR) is 87.9 cm³/mol. The van der Waals surface area contributed by atoms with Crippen LogP contribution in [0.25, 0.3) is 0 Å². The van der Waals surface area contributed by atoms with Gasteiger partial charge in [0.15, 0.2) is 0 Å². The first-order valence-corrected chi connectivity index (χ1v) is 7.42. The number of carbonyl (C=O) groups is 1. The molecule has 2 aromatic rings. The molecule has 0 bridgehead atoms. The van der Waals surface area contributed by atoms with Gasteiger partial charge in [0.25, 0.3) is 5.91 Å². The van der Waals surface area contributed by atoms with Gasteiger partial charge < -0.3 is 11.1 Å². The number of hydrogen-bond donors (Lipinski definition) is 2. The Morgan fingerprint density at radius 2 is 1.67 bits per heavy atom. The van der Waals surface area contributed by atoms with E-state index in [-0.39, 0.29) is 32.0 Å². The van der Waals surface area contributed by atoms with Crippen LogP contribution < -0.4 is 11.1 Å². The highest BCUT2D eigenvalue weighted by molar-refractivity contribution is 9.10. The van der Waals surface area contributed by atoms with Crippen LogP contribution in [-0.2, 0) is 0 Å². The summed E-state index contributed by atoms with van der Waals surface area (Å²) in [7, 11) is 0. The van der Waals surface area contributed by atoms with Gasteiger partial charge in [-0.05, 0) is 40.2 Å². The molecule has 0 aromatic heterocycles. The summed E-state index contributed by atoms with van der Waals surface area (Å²) in [5, 5.41) is 2.94. The van der Waals surface area contributed by atoms with E-state index in [1.165, 1.54) is 18.2 Å². The van der Waals surface area contributed by atoms with Crippen molar-refractivity contribution in [3.8, 4) is 0 Å². The first-order chi connectivity index (χ1) is 9.79. The first-order valence-electron chi connectivity index (χ1n) is 5.50. The van der Waals surface area contributed by atoms with E-state index < -0.39 is 11.7 Å². The number of nitrogens with one attached hydrogen (secondary N) is 1. The number of benzene rings is 2. The zero-order chi connectivity index (χ0) is 15.7. The van der Waals surface area contributed by atoms with Gasteiger partial charge in [0, 0.05) is 10.0 Å². The highest BCUT2D eigenvalue weighted by atomic mass is 79.9. The lowest BCUT2D eigenvalue weighted by Crippen LogP contribution is -2.13. The van der Waals surface area contributed by atoms with Gasteiger partial charge in [0.2, 0.25) is 0 Å². The minimum Gasteiger partial charge on any atom is -0.396 e. The van der Waals surface area contributed by atoms with Gasteiger partial charge >= 0.3 is 0 Å². The molecular formula is C13H7BrCl3FN2O. The largest absolute Gasteiger partial charge is 0.396 e. The van der Waals surface area contributed by atoms with Crippen molar-refractivity contribution in [2.75, 3.05) is 11.1 Å². The average Bonchev–Trinajstić information content (AvgIpc) is 2.39. The molecule has 0 aliphatic heterocycles. The van der Waals surface area contributed by atoms with Crippen molar-refractivity contribution in [3.05, 3.63) is 55.2 Å². The van der Waals surface area contributed by atoms with E-state index in [9.17, 15) is 9.18 Å². The third-order valence-corrected chi connectivity index (χ3v) is 4.14. The van der Waals surface area contributed by atoms with E-state index >= 15 is 0 Å². The number of carbonyl (C=O) groups excluding carboxylic acids is 1. The second-order valence-corrected chi connectivity index (χ2v) is 6.13. The highest BCUT2D eigenvalue weighted by Gasteiger charge is 2.15. The van der Waals surface area contributed by atoms with Gasteiger partial charge in [-0.15, -0.1) is 0 Å². The number of amides is 1. The highest BCUT2D eigenvalue weighted by Crippen LogP contribution is 2.33. The van der Waals surface area contributed by atoms with Crippen LogP contribution in [0.3, 0.4) is 0 Å². The quantitative estimate of drug-likeness (QED) is 0.651. The molecule has 0 unspecified atom stereocenters. The minimum absolute atomic E-state index is 0.0582. The standard InChI is InChI=1S/C13H7BrCl3FN2O/c14-7-3-6(18)4-10(17)12(7)20-13(21)5-1-8(15)11(19)9(16)2-5/h1-4H,19H2,(H,20,21). The van der Waals surface area contributed by atoms with Crippen LogP contribution in [-0.4, -0.2) is 5.91 Å². The Morgan fingerprint density at radius 3 is 2.19 bits per heavy atom. The molecule has 0 spiro atoms. The molecule has 2 aromatic carbocycles. The fourth-order valence-corrected chi connectivity index (χ4v) is 2.95. The van der Waals surface area contributed by atoms with E-state index in [0.29, 0.717) is 4.47 Å². The van der Waals surface area contributed by atoms with Crippen molar-refractivity contribution in [1.82, 2.24) is 0 Å². The summed E-state index contributed by atoms with van der Waals surface area (Å²) < 4.78 is 13.5. The molecule has 3 N–H and O–H groups in total. The maximum absolute atomic E-state index is 13.1. The summed E-state index contributed by atoms with van der Waals surface area (Å²) in [4.78, 5) is 12.2. The Bertz CT molecular complexity index is 693. The Balaban J connectivity index is 2.35. The predicted octanol–water partition coefficient (Wildman–Crippen LogP) is 5.38. The summed E-state index contributed by atoms with van der Waals surface area (Å²) in [5.41, 5.74) is 6.24. The van der Waals surface area contributed by atoms with Crippen molar-refractivity contribution < 1.29 is 9.18 Å². The summed E-state index contributed by atoms with van der Waals surface area (Å²) in [6.07, 6.45) is 0. The topological polar surface area (TPSA) is 55.1 Å². The van der Waals surface area contributed by atoms with E-state index in [2.05, 4.69) is 21.2 Å². The lowest BCUT2D eigenvalue weighted by molar-refractivity contribution is 0.102. The second-order valence-electron chi connectivity index (χ2n) is 4.05. The first kappa shape index (κ1) is 16.4. The number of halogens is 5. The zero-order valence-corrected chi connectivity index (χ0v) is 14.0. The molecular weight excluding hydrogens is 405 g/mol. The number of hydrogen-bond acceptors (Lipinski definition) is 2. The maximum atomic E-state index is 13.1. The average molecular weight is 412 g/mol. The van der Waals surface area contributed by atoms with Crippen molar-refractivity contribution >= 4 is 68.0 Å². The molecule has 0 heterocycles. The molecule has 0 radical (unpaired) electrons. The van der Waals surface area contributed by atoms with Gasteiger partial charge in [-0.1, -0.05) is 34.8 Å². The molecule has 0 atom stereocenters. The minimum atomic E-state index is -0.525. The molecule has 0 saturated carbocycles. The Labute approximate surface area is 143 Å². The van der Waals surface area contributed by atoms with E-state index in [1.807, 2.05) is 0 Å². The number of anilines is 2. The van der Waals surface area contributed by atoms with Crippen LogP contribution >= 0.6 is 50.7 Å². The van der Waals surface area contributed by atoms with E-state index in [1.54, 1.807) is 0 Å². The molecule has 21 heavy (non-hydrogen) atoms. The monoisotopic (exact) mass is 410 g/mol. The SMILES string of the molecule is Nc1c(Cl)cc(C(=O)Nc2c(Cl)cc(F)cc2Br)cc1Cl. The second kappa shape index (κ2) is 6.40. The van der Waals surface area contributed by atoms with Crippen molar-refractivity contribution in [2.45, 2.75) is 0 Å². The third kappa shape index (κ3) is 3.61. The van der Waals surface area contributed by atoms with E-state index in [4.69, 9.17) is 40.5 Å². The van der Waals surface area contributed by atoms with Crippen molar-refractivity contribution in [2.24, 2.45) is 0 Å². The Kier molecular flexibility index (Phi) is 4.99. The number of rotatable bonds is 2. The molecule has 1 amide bonds. The third-order valence-electron chi connectivity index (χ3n) is 2.59. The Morgan fingerprint density at radius 1 is 1.10 bits per heavy atom. The summed E-state index contributed by atoms with van der Waals surface area (Å²) in [5.74, 6) is -1.03. The molecule has 0 aliphatic carbocycles. The Hall–Kier alpha value is -1.01. The summed E-state index contributed by atoms with van der Waals surface area (Å²) in [6, 6.07) is 5.03. The molecule has 0 aliphatic rings. The number of nitrogens with two attached hydrogens (primary N) is 1. The molecule has 2 rings (SSSR count). The van der Waals surface area contributed by atoms with Gasteiger partial charge in [-0.2, -0.15) is 0 Å². The fraction of sp³-hybridized carbons (Fsp3) is 0. The molecule has 110 valence electrons. The smallest absolute Gasteiger partial charge is 0.255 e. The summed E-state index contributed by atoms with van der Waals surface area (Å²) in [6.45, 7) is 0. The maximum Gasteiger partial charge on any atom is 0.255 e. The van der Waals surface area contributed by atoms with Crippen LogP contribution in [0.2, 0.25) is 15.1 Å². The van der Waals surface area contributed by atoms with Gasteiger partial charge in [-0.25, -0.2) is 4.39 Å². The number of nitrogen functional groups attached to an aromatic ring is 1. The van der Waals surface area contributed by atoms with Gasteiger partial charge in [0.1, 0.15) is 5.82 Å². The van der Waals surface area contributed by atoms with Gasteiger partial charge in [0.05, 0.1) is 26.4 Å².